The van der Waals surface area contributed by atoms with Gasteiger partial charge >= 0.3 is 0 Å². The lowest BCUT2D eigenvalue weighted by atomic mass is 9.91. The summed E-state index contributed by atoms with van der Waals surface area (Å²) < 4.78 is 5.41. The maximum absolute atomic E-state index is 13.5. The smallest absolute Gasteiger partial charge is 0.263 e. The molecular formula is C22H17N2O4-. The molecule has 28 heavy (non-hydrogen) atoms. The van der Waals surface area contributed by atoms with Gasteiger partial charge in [-0.3, -0.25) is 9.69 Å². The van der Waals surface area contributed by atoms with E-state index in [-0.39, 0.29) is 0 Å². The second-order valence-electron chi connectivity index (χ2n) is 6.35. The van der Waals surface area contributed by atoms with Gasteiger partial charge in [-0.05, 0) is 24.3 Å². The minimum atomic E-state index is -1.94. The SMILES string of the molecule is COc1ccccc1N1C(=O)c2ccccc2N[C@]1(C(=O)[O-])c1ccccc1. The summed E-state index contributed by atoms with van der Waals surface area (Å²) in [5.41, 5.74) is -0.469. The molecule has 1 aliphatic heterocycles. The number of benzene rings is 3. The highest BCUT2D eigenvalue weighted by Gasteiger charge is 2.49. The standard InChI is InChI=1S/C22H18N2O4/c1-28-19-14-8-7-13-18(19)24-20(25)16-11-5-6-12-17(16)23-22(24,21(26)27)15-9-3-2-4-10-15/h2-14,23H,1H3,(H,26,27)/p-1/t22-/m1/s1. The molecule has 3 aromatic rings. The Hall–Kier alpha value is -3.80. The number of anilines is 2. The highest BCUT2D eigenvalue weighted by molar-refractivity contribution is 6.17. The molecule has 0 fully saturated rings. The summed E-state index contributed by atoms with van der Waals surface area (Å²) in [6.45, 7) is 0. The first kappa shape index (κ1) is 17.6. The molecule has 1 heterocycles. The zero-order chi connectivity index (χ0) is 19.7. The van der Waals surface area contributed by atoms with E-state index in [2.05, 4.69) is 5.32 Å². The molecule has 0 bridgehead atoms. The number of hydrogen-bond acceptors (Lipinski definition) is 5. The minimum absolute atomic E-state index is 0.324. The molecule has 0 saturated carbocycles. The molecule has 0 unspecified atom stereocenters. The number of rotatable bonds is 4. The van der Waals surface area contributed by atoms with E-state index in [4.69, 9.17) is 4.74 Å². The van der Waals surface area contributed by atoms with Crippen molar-refractivity contribution >= 4 is 23.3 Å². The topological polar surface area (TPSA) is 81.7 Å². The Morgan fingerprint density at radius 1 is 0.964 bits per heavy atom. The van der Waals surface area contributed by atoms with Crippen LogP contribution < -0.4 is 20.1 Å². The highest BCUT2D eigenvalue weighted by atomic mass is 16.5. The molecular weight excluding hydrogens is 356 g/mol. The number of hydrogen-bond donors (Lipinski definition) is 1. The second kappa shape index (κ2) is 6.74. The van der Waals surface area contributed by atoms with Gasteiger partial charge < -0.3 is 20.0 Å². The monoisotopic (exact) mass is 373 g/mol. The van der Waals surface area contributed by atoms with Crippen LogP contribution in [0.2, 0.25) is 0 Å². The van der Waals surface area contributed by atoms with Crippen LogP contribution in [0.1, 0.15) is 15.9 Å². The van der Waals surface area contributed by atoms with Gasteiger partial charge in [0.1, 0.15) is 5.75 Å². The molecule has 1 aliphatic rings. The van der Waals surface area contributed by atoms with E-state index in [0.29, 0.717) is 28.3 Å². The van der Waals surface area contributed by atoms with Crippen LogP contribution in [0.15, 0.2) is 78.9 Å². The second-order valence-corrected chi connectivity index (χ2v) is 6.35. The van der Waals surface area contributed by atoms with Gasteiger partial charge in [-0.25, -0.2) is 0 Å². The van der Waals surface area contributed by atoms with Crippen LogP contribution in [0.25, 0.3) is 0 Å². The van der Waals surface area contributed by atoms with Crippen LogP contribution >= 0.6 is 0 Å². The number of ether oxygens (including phenoxy) is 1. The van der Waals surface area contributed by atoms with E-state index < -0.39 is 17.5 Å². The van der Waals surface area contributed by atoms with Crippen molar-refractivity contribution in [1.29, 1.82) is 0 Å². The third-order valence-electron chi connectivity index (χ3n) is 4.82. The molecule has 0 spiro atoms. The summed E-state index contributed by atoms with van der Waals surface area (Å²) in [5, 5.41) is 15.7. The predicted molar refractivity (Wildman–Crippen MR) is 103 cm³/mol. The fraction of sp³-hybridized carbons (Fsp3) is 0.0909. The molecule has 6 heteroatoms. The number of para-hydroxylation sites is 3. The predicted octanol–water partition coefficient (Wildman–Crippen LogP) is 2.37. The number of carboxylic acid groups (broad SMARTS) is 1. The van der Waals surface area contributed by atoms with Crippen LogP contribution in [-0.2, 0) is 10.5 Å². The molecule has 0 aliphatic carbocycles. The summed E-state index contributed by atoms with van der Waals surface area (Å²) in [6.07, 6.45) is 0. The van der Waals surface area contributed by atoms with Crippen molar-refractivity contribution in [1.82, 2.24) is 0 Å². The first-order valence-corrected chi connectivity index (χ1v) is 8.71. The number of aliphatic carboxylic acids is 1. The normalized spacial score (nSPS) is 18.2. The van der Waals surface area contributed by atoms with Crippen molar-refractivity contribution < 1.29 is 19.4 Å². The molecule has 1 N–H and O–H groups in total. The van der Waals surface area contributed by atoms with Crippen LogP contribution in [0.3, 0.4) is 0 Å². The Bertz CT molecular complexity index is 1050. The maximum atomic E-state index is 13.5. The van der Waals surface area contributed by atoms with Gasteiger partial charge in [-0.15, -0.1) is 0 Å². The van der Waals surface area contributed by atoms with E-state index in [1.807, 2.05) is 0 Å². The molecule has 0 radical (unpaired) electrons. The first-order valence-electron chi connectivity index (χ1n) is 8.71. The quantitative estimate of drug-likeness (QED) is 0.759. The summed E-state index contributed by atoms with van der Waals surface area (Å²) in [4.78, 5) is 27.3. The van der Waals surface area contributed by atoms with Crippen LogP contribution in [0, 0.1) is 0 Å². The van der Waals surface area contributed by atoms with Crippen LogP contribution in [0.5, 0.6) is 5.75 Å². The van der Waals surface area contributed by atoms with E-state index in [1.165, 1.54) is 12.0 Å². The number of nitrogens with one attached hydrogen (secondary N) is 1. The van der Waals surface area contributed by atoms with E-state index in [0.717, 1.165) is 0 Å². The fourth-order valence-electron chi connectivity index (χ4n) is 3.55. The number of carbonyl (C=O) groups excluding carboxylic acids is 2. The van der Waals surface area contributed by atoms with E-state index in [9.17, 15) is 14.7 Å². The molecule has 0 saturated heterocycles. The highest BCUT2D eigenvalue weighted by Crippen LogP contribution is 2.43. The lowest BCUT2D eigenvalue weighted by Gasteiger charge is -2.49. The van der Waals surface area contributed by atoms with E-state index >= 15 is 0 Å². The van der Waals surface area contributed by atoms with Crippen LogP contribution in [-0.4, -0.2) is 19.0 Å². The lowest BCUT2D eigenvalue weighted by molar-refractivity contribution is -0.312. The number of nitrogens with zero attached hydrogens (tertiary/aromatic N) is 1. The molecule has 6 nitrogen and oxygen atoms in total. The summed E-state index contributed by atoms with van der Waals surface area (Å²) in [6, 6.07) is 22.1. The maximum Gasteiger partial charge on any atom is 0.263 e. The fourth-order valence-corrected chi connectivity index (χ4v) is 3.55. The Labute approximate surface area is 162 Å². The Morgan fingerprint density at radius 3 is 2.32 bits per heavy atom. The third-order valence-corrected chi connectivity index (χ3v) is 4.82. The number of carbonyl (C=O) groups is 2. The van der Waals surface area contributed by atoms with Crippen molar-refractivity contribution in [2.45, 2.75) is 5.66 Å². The molecule has 140 valence electrons. The van der Waals surface area contributed by atoms with Gasteiger partial charge in [0.05, 0.1) is 24.3 Å². The van der Waals surface area contributed by atoms with Crippen molar-refractivity contribution in [2.24, 2.45) is 0 Å². The van der Waals surface area contributed by atoms with Gasteiger partial charge in [0.15, 0.2) is 5.66 Å². The lowest BCUT2D eigenvalue weighted by Crippen LogP contribution is -2.66. The van der Waals surface area contributed by atoms with Crippen molar-refractivity contribution in [3.63, 3.8) is 0 Å². The average molecular weight is 373 g/mol. The average Bonchev–Trinajstić information content (AvgIpc) is 2.74. The van der Waals surface area contributed by atoms with Gasteiger partial charge in [0.2, 0.25) is 0 Å². The number of fused-ring (bicyclic) bond motifs is 1. The molecule has 3 aromatic carbocycles. The molecule has 4 rings (SSSR count). The van der Waals surface area contributed by atoms with Gasteiger partial charge in [0.25, 0.3) is 5.91 Å². The first-order chi connectivity index (χ1) is 13.6. The van der Waals surface area contributed by atoms with Crippen LogP contribution in [0.4, 0.5) is 11.4 Å². The molecule has 1 amide bonds. The number of carboxylic acids is 1. The third kappa shape index (κ3) is 2.50. The number of amides is 1. The number of methoxy groups -OCH3 is 1. The molecule has 1 atom stereocenters. The summed E-state index contributed by atoms with van der Waals surface area (Å²) in [7, 11) is 1.47. The molecule has 0 aromatic heterocycles. The Balaban J connectivity index is 2.06. The minimum Gasteiger partial charge on any atom is -0.545 e. The van der Waals surface area contributed by atoms with Gasteiger partial charge in [-0.1, -0.05) is 54.6 Å². The Morgan fingerprint density at radius 2 is 1.61 bits per heavy atom. The van der Waals surface area contributed by atoms with Gasteiger partial charge in [-0.2, -0.15) is 0 Å². The summed E-state index contributed by atoms with van der Waals surface area (Å²) >= 11 is 0. The zero-order valence-corrected chi connectivity index (χ0v) is 15.1. The zero-order valence-electron chi connectivity index (χ0n) is 15.1. The van der Waals surface area contributed by atoms with Crippen molar-refractivity contribution in [3.05, 3.63) is 90.0 Å². The summed E-state index contributed by atoms with van der Waals surface area (Å²) in [5.74, 6) is -1.54. The Kier molecular flexibility index (Phi) is 4.24. The van der Waals surface area contributed by atoms with Gasteiger partial charge in [0, 0.05) is 11.3 Å². The van der Waals surface area contributed by atoms with E-state index in [1.54, 1.807) is 78.9 Å². The van der Waals surface area contributed by atoms with Crippen molar-refractivity contribution in [3.8, 4) is 5.75 Å². The van der Waals surface area contributed by atoms with Crippen molar-refractivity contribution in [2.75, 3.05) is 17.3 Å². The largest absolute Gasteiger partial charge is 0.545 e.